The molecule has 0 aliphatic carbocycles. The number of amides is 11. The van der Waals surface area contributed by atoms with Crippen LogP contribution in [0.4, 0.5) is 4.79 Å². The van der Waals surface area contributed by atoms with Crippen LogP contribution in [0.2, 0.25) is 0 Å². The highest BCUT2D eigenvalue weighted by Crippen LogP contribution is 2.33. The molecule has 2 aromatic rings. The molecule has 1 aromatic carbocycles. The standard InChI is InChI=1S/C66H105N15O17S/c1-41(2)56-64(91)72-49(20-21-54(68)84)61(88)76-57(42(3)4)65(92)81-26-10-13-52(81)63(90)73-50(37-43-16-18-46(83)19-17-43)62(89)71-48(12-7-8-25-80-39-44(78-79-80)38-47(67)59(86)75-56)60(87)70-24-28-95-30-32-97-34-36-98-35-33-96-31-29-94-27-22-45(82)11-9-23-69-55(85)15-6-5-14-53-58-51(40-99-53)74-66(93)77-58/h16-19,39,41-42,47-53,56-58,83H,5-15,20-38,40,67H2,1-4H3,(H2,68,84)(H,69,85)(H,70,87)(H,71,89)(H,72,91)(H,73,90)(H,75,86)(H,76,88)(H2,74,77,93)/t47-,48-,49-,50-,51-,52-,53-,56-,57-,58?/m0/s1. The first-order valence-corrected chi connectivity index (χ1v) is 35.8. The number of aryl methyl sites for hydroxylation is 1. The fourth-order valence-electron chi connectivity index (χ4n) is 11.8. The van der Waals surface area contributed by atoms with Crippen LogP contribution in [-0.2, 0) is 91.0 Å². The van der Waals surface area contributed by atoms with Gasteiger partial charge >= 0.3 is 6.03 Å². The smallest absolute Gasteiger partial charge is 0.315 e. The molecule has 4 aliphatic rings. The van der Waals surface area contributed by atoms with E-state index in [9.17, 15) is 57.8 Å². The topological polar surface area (TPSA) is 448 Å². The summed E-state index contributed by atoms with van der Waals surface area (Å²) in [5.41, 5.74) is 12.7. The molecule has 14 N–H and O–H groups in total. The van der Waals surface area contributed by atoms with Crippen LogP contribution < -0.4 is 59.3 Å². The predicted molar refractivity (Wildman–Crippen MR) is 363 cm³/mol. The summed E-state index contributed by atoms with van der Waals surface area (Å²) >= 11 is 1.87. The average molecular weight is 1410 g/mol. The maximum Gasteiger partial charge on any atom is 0.315 e. The van der Waals surface area contributed by atoms with Gasteiger partial charge in [0.25, 0.3) is 0 Å². The number of aromatic hydroxyl groups is 1. The van der Waals surface area contributed by atoms with Gasteiger partial charge in [0.15, 0.2) is 0 Å². The van der Waals surface area contributed by atoms with E-state index < -0.39 is 101 Å². The van der Waals surface area contributed by atoms with E-state index in [4.69, 9.17) is 35.2 Å². The number of thioether (sulfide) groups is 1. The Morgan fingerprint density at radius 2 is 1.28 bits per heavy atom. The van der Waals surface area contributed by atoms with Gasteiger partial charge in [0.1, 0.15) is 47.8 Å². The van der Waals surface area contributed by atoms with Crippen molar-refractivity contribution < 1.29 is 81.5 Å². The summed E-state index contributed by atoms with van der Waals surface area (Å²) < 4.78 is 29.6. The van der Waals surface area contributed by atoms with Crippen LogP contribution in [0.3, 0.4) is 0 Å². The molecule has 33 heteroatoms. The molecule has 5 heterocycles. The Labute approximate surface area is 582 Å². The second kappa shape index (κ2) is 43.2. The lowest BCUT2D eigenvalue weighted by Gasteiger charge is -2.32. The van der Waals surface area contributed by atoms with E-state index in [2.05, 4.69) is 58.2 Å². The van der Waals surface area contributed by atoms with E-state index in [0.29, 0.717) is 108 Å². The number of phenols is 1. The minimum absolute atomic E-state index is 0.0177. The van der Waals surface area contributed by atoms with Crippen molar-refractivity contribution in [1.82, 2.24) is 67.7 Å². The Bertz CT molecular complexity index is 2940. The number of nitrogens with zero attached hydrogens (tertiary/aromatic N) is 4. The van der Waals surface area contributed by atoms with Crippen molar-refractivity contribution in [2.75, 3.05) is 91.5 Å². The molecule has 99 heavy (non-hydrogen) atoms. The highest BCUT2D eigenvalue weighted by Gasteiger charge is 2.44. The lowest BCUT2D eigenvalue weighted by molar-refractivity contribution is -0.143. The number of hydrogen-bond donors (Lipinski definition) is 12. The van der Waals surface area contributed by atoms with Crippen LogP contribution in [0.1, 0.15) is 129 Å². The average Bonchev–Trinajstić information content (AvgIpc) is 1.72. The second-order valence-electron chi connectivity index (χ2n) is 26.0. The van der Waals surface area contributed by atoms with Gasteiger partial charge in [-0.2, -0.15) is 11.8 Å². The van der Waals surface area contributed by atoms with Gasteiger partial charge in [-0.25, -0.2) is 4.79 Å². The van der Waals surface area contributed by atoms with Gasteiger partial charge in [-0.05, 0) is 87.3 Å². The quantitative estimate of drug-likeness (QED) is 0.0292. The lowest BCUT2D eigenvalue weighted by Crippen LogP contribution is -2.61. The fraction of sp³-hybridized carbons (Fsp3) is 0.712. The van der Waals surface area contributed by atoms with Gasteiger partial charge in [0.2, 0.25) is 53.2 Å². The van der Waals surface area contributed by atoms with Crippen LogP contribution >= 0.6 is 11.8 Å². The van der Waals surface area contributed by atoms with Gasteiger partial charge < -0.3 is 93.0 Å². The number of aromatic nitrogens is 3. The monoisotopic (exact) mass is 1410 g/mol. The molecular formula is C66H105N15O17S. The summed E-state index contributed by atoms with van der Waals surface area (Å²) in [6, 6.07) is -2.18. The highest BCUT2D eigenvalue weighted by molar-refractivity contribution is 8.00. The van der Waals surface area contributed by atoms with E-state index in [1.54, 1.807) is 50.7 Å². The molecule has 6 rings (SSSR count). The number of ether oxygens (including phenoxy) is 5. The summed E-state index contributed by atoms with van der Waals surface area (Å²) in [7, 11) is 0. The number of nitrogens with one attached hydrogen (secondary N) is 9. The highest BCUT2D eigenvalue weighted by atomic mass is 32.2. The van der Waals surface area contributed by atoms with Gasteiger partial charge in [-0.15, -0.1) is 5.10 Å². The number of primary amides is 1. The number of benzene rings is 1. The van der Waals surface area contributed by atoms with Gasteiger partial charge in [0.05, 0.1) is 89.9 Å². The Balaban J connectivity index is 0.928. The Morgan fingerprint density at radius 3 is 1.96 bits per heavy atom. The van der Waals surface area contributed by atoms with Crippen molar-refractivity contribution in [3.05, 3.63) is 41.7 Å². The lowest BCUT2D eigenvalue weighted by atomic mass is 9.99. The first-order valence-electron chi connectivity index (χ1n) is 34.7. The van der Waals surface area contributed by atoms with E-state index in [0.717, 1.165) is 25.0 Å². The van der Waals surface area contributed by atoms with Gasteiger partial charge in [-0.1, -0.05) is 51.5 Å². The molecule has 0 saturated carbocycles. The molecule has 2 bridgehead atoms. The minimum Gasteiger partial charge on any atom is -0.508 e. The van der Waals surface area contributed by atoms with E-state index in [1.807, 2.05) is 11.8 Å². The zero-order chi connectivity index (χ0) is 71.6. The first-order chi connectivity index (χ1) is 47.6. The molecule has 1 aromatic heterocycles. The summed E-state index contributed by atoms with van der Waals surface area (Å²) in [6.45, 7) is 10.5. The van der Waals surface area contributed by atoms with E-state index >= 15 is 0 Å². The number of ketones is 1. The number of urea groups is 1. The molecule has 0 spiro atoms. The van der Waals surface area contributed by atoms with Crippen LogP contribution in [0.25, 0.3) is 0 Å². The third-order valence-corrected chi connectivity index (χ3v) is 18.9. The molecule has 552 valence electrons. The number of fused-ring (bicyclic) bond motifs is 4. The molecule has 0 radical (unpaired) electrons. The third kappa shape index (κ3) is 28.5. The zero-order valence-electron chi connectivity index (χ0n) is 57.6. The van der Waals surface area contributed by atoms with E-state index in [1.165, 1.54) is 17.0 Å². The van der Waals surface area contributed by atoms with Gasteiger partial charge in [-0.3, -0.25) is 52.6 Å². The van der Waals surface area contributed by atoms with Gasteiger partial charge in [0, 0.05) is 81.9 Å². The summed E-state index contributed by atoms with van der Waals surface area (Å²) in [5.74, 6) is -5.66. The maximum absolute atomic E-state index is 14.6. The summed E-state index contributed by atoms with van der Waals surface area (Å²) in [5, 5.41) is 44.2. The van der Waals surface area contributed by atoms with Crippen LogP contribution in [0, 0.1) is 11.8 Å². The normalized spacial score (nSPS) is 23.8. The molecule has 3 fully saturated rings. The van der Waals surface area contributed by atoms with Crippen LogP contribution in [0.15, 0.2) is 30.5 Å². The minimum atomic E-state index is -1.39. The van der Waals surface area contributed by atoms with Crippen molar-refractivity contribution in [2.24, 2.45) is 23.3 Å². The number of rotatable bonds is 35. The molecule has 3 saturated heterocycles. The molecule has 10 atom stereocenters. The molecular weight excluding hydrogens is 1310 g/mol. The number of Topliss-reactive ketones (excluding diaryl/α,β-unsaturated/α-hetero) is 1. The van der Waals surface area contributed by atoms with Crippen molar-refractivity contribution in [3.63, 3.8) is 0 Å². The SMILES string of the molecule is CC(C)[C@@H]1NC(=O)[C@@H](N)Cc2cn(nn2)CCCC[C@@H](C(=O)NCCOCCOCCOCCOCCOCCC(=O)CCCNC(=O)CCCC[C@@H]2SC[C@@H]3NC(=O)NC32)NC(=O)[C@H](Cc2ccc(O)cc2)NC(=O)[C@@H]2CCCN2C(=O)[C@H](C(C)C)NC(=O)[C@H](CCC(N)=O)NC1=O. The maximum atomic E-state index is 14.6. The third-order valence-electron chi connectivity index (χ3n) is 17.3. The fourth-order valence-corrected chi connectivity index (χ4v) is 13.3. The Morgan fingerprint density at radius 1 is 0.636 bits per heavy atom. The molecule has 11 amide bonds. The Hall–Kier alpha value is -7.56. The number of hydrogen-bond acceptors (Lipinski definition) is 21. The second-order valence-corrected chi connectivity index (χ2v) is 27.2. The number of unbranched alkanes of at least 4 members (excludes halogenated alkanes) is 1. The van der Waals surface area contributed by atoms with E-state index in [-0.39, 0.29) is 120 Å². The van der Waals surface area contributed by atoms with Crippen molar-refractivity contribution >= 4 is 76.7 Å². The number of carbonyl (C=O) groups is 11. The largest absolute Gasteiger partial charge is 0.508 e. The van der Waals surface area contributed by atoms with Crippen molar-refractivity contribution in [2.45, 2.75) is 197 Å². The van der Waals surface area contributed by atoms with Crippen LogP contribution in [-0.4, -0.2) is 241 Å². The summed E-state index contributed by atoms with van der Waals surface area (Å²) in [6.07, 6.45) is 6.81. The predicted octanol–water partition coefficient (Wildman–Crippen LogP) is -0.947. The number of nitrogens with two attached hydrogens (primary N) is 2. The number of carbonyl (C=O) groups excluding carboxylic acids is 11. The molecule has 1 unspecified atom stereocenters. The summed E-state index contributed by atoms with van der Waals surface area (Å²) in [4.78, 5) is 149. The number of phenolic OH excluding ortho intramolecular Hbond substituents is 1. The zero-order valence-corrected chi connectivity index (χ0v) is 58.4. The Kier molecular flexibility index (Phi) is 35.1. The molecule has 4 aliphatic heterocycles. The molecule has 32 nitrogen and oxygen atoms in total. The first kappa shape index (κ1) is 80.4. The van der Waals surface area contributed by atoms with Crippen molar-refractivity contribution in [1.29, 1.82) is 0 Å². The van der Waals surface area contributed by atoms with Crippen molar-refractivity contribution in [3.8, 4) is 5.75 Å². The van der Waals surface area contributed by atoms with Crippen LogP contribution in [0.5, 0.6) is 5.75 Å².